The van der Waals surface area contributed by atoms with Gasteiger partial charge in [-0.05, 0) is 0 Å². The van der Waals surface area contributed by atoms with E-state index in [-0.39, 0.29) is 25.3 Å². The summed E-state index contributed by atoms with van der Waals surface area (Å²) in [6.07, 6.45) is 0.296. The first-order valence-electron chi connectivity index (χ1n) is 2.26. The maximum atomic E-state index is 10.2. The normalized spacial score (nSPS) is 18.1. The number of hydroxylamine groups is 2. The van der Waals surface area contributed by atoms with Crippen LogP contribution in [-0.2, 0) is 9.59 Å². The Morgan fingerprint density at radius 2 is 1.56 bits per heavy atom. The molecule has 1 heterocycles. The summed E-state index contributed by atoms with van der Waals surface area (Å²) < 4.78 is 0. The number of carbonyl (C=O) groups excluding carboxylic acids is 2. The highest BCUT2D eigenvalue weighted by Gasteiger charge is 2.26. The second kappa shape index (κ2) is 2.59. The zero-order valence-electron chi connectivity index (χ0n) is 4.13. The van der Waals surface area contributed by atoms with Gasteiger partial charge in [-0.25, -0.2) is 0 Å². The monoisotopic (exact) mass is 131 g/mol. The molecule has 0 aromatic heterocycles. The van der Waals surface area contributed by atoms with Crippen LogP contribution in [0.2, 0.25) is 0 Å². The fraction of sp³-hybridized carbons (Fsp3) is 0.600. The molecule has 0 bridgehead atoms. The average Bonchev–Trinajstić information content (AvgIpc) is 1.98. The van der Waals surface area contributed by atoms with Crippen LogP contribution in [0.15, 0.2) is 0 Å². The molecule has 0 atom stereocenters. The van der Waals surface area contributed by atoms with E-state index in [4.69, 9.17) is 5.21 Å². The Bertz CT molecular complexity index is 127. The van der Waals surface area contributed by atoms with Gasteiger partial charge < -0.3 is 0 Å². The third-order valence-corrected chi connectivity index (χ3v) is 1.03. The molecular formula is C5H9NO3. The smallest absolute Gasteiger partial charge is 0.253 e. The molecule has 1 saturated heterocycles. The molecule has 9 heavy (non-hydrogen) atoms. The quantitative estimate of drug-likeness (QED) is 0.376. The largest absolute Gasteiger partial charge is 0.279 e. The zero-order valence-corrected chi connectivity index (χ0v) is 4.13. The predicted molar refractivity (Wildman–Crippen MR) is 29.6 cm³/mol. The number of hydrogen-bond donors (Lipinski definition) is 1. The fourth-order valence-electron chi connectivity index (χ4n) is 0.565. The molecule has 1 aliphatic rings. The molecule has 1 aliphatic heterocycles. The van der Waals surface area contributed by atoms with Crippen LogP contribution in [0.4, 0.5) is 0 Å². The molecular weight excluding hydrogens is 122 g/mol. The summed E-state index contributed by atoms with van der Waals surface area (Å²) in [5.74, 6) is -1.01. The summed E-state index contributed by atoms with van der Waals surface area (Å²) in [5.41, 5.74) is 0. The van der Waals surface area contributed by atoms with Crippen molar-refractivity contribution in [2.75, 3.05) is 0 Å². The molecule has 0 saturated carbocycles. The zero-order chi connectivity index (χ0) is 6.15. The van der Waals surface area contributed by atoms with Crippen molar-refractivity contribution in [2.24, 2.45) is 0 Å². The Morgan fingerprint density at radius 1 is 1.22 bits per heavy atom. The van der Waals surface area contributed by atoms with E-state index in [1.165, 1.54) is 0 Å². The Hall–Kier alpha value is -0.900. The minimum atomic E-state index is -0.505. The van der Waals surface area contributed by atoms with Gasteiger partial charge in [-0.15, -0.1) is 0 Å². The maximum absolute atomic E-state index is 10.2. The fourth-order valence-corrected chi connectivity index (χ4v) is 0.565. The third-order valence-electron chi connectivity index (χ3n) is 1.03. The van der Waals surface area contributed by atoms with Crippen molar-refractivity contribution >= 4 is 11.8 Å². The molecule has 0 spiro atoms. The van der Waals surface area contributed by atoms with Crippen LogP contribution in [0.1, 0.15) is 20.3 Å². The van der Waals surface area contributed by atoms with Crippen molar-refractivity contribution in [1.29, 1.82) is 0 Å². The molecule has 0 aromatic carbocycles. The lowest BCUT2D eigenvalue weighted by atomic mass is 10.4. The highest BCUT2D eigenvalue weighted by atomic mass is 16.5. The molecule has 4 nitrogen and oxygen atoms in total. The summed E-state index contributed by atoms with van der Waals surface area (Å²) in [6.45, 7) is 0. The number of carbonyl (C=O) groups is 2. The Labute approximate surface area is 53.0 Å². The lowest BCUT2D eigenvalue weighted by Crippen LogP contribution is -2.24. The van der Waals surface area contributed by atoms with Crippen LogP contribution in [0.3, 0.4) is 0 Å². The van der Waals surface area contributed by atoms with Gasteiger partial charge in [0, 0.05) is 12.8 Å². The lowest BCUT2D eigenvalue weighted by molar-refractivity contribution is -0.171. The van der Waals surface area contributed by atoms with Gasteiger partial charge in [-0.2, -0.15) is 5.06 Å². The van der Waals surface area contributed by atoms with Gasteiger partial charge in [0.25, 0.3) is 11.8 Å². The van der Waals surface area contributed by atoms with Crippen molar-refractivity contribution < 1.29 is 14.8 Å². The molecule has 52 valence electrons. The van der Waals surface area contributed by atoms with Gasteiger partial charge in [-0.3, -0.25) is 14.8 Å². The minimum absolute atomic E-state index is 0. The molecule has 1 fully saturated rings. The summed E-state index contributed by atoms with van der Waals surface area (Å²) in [4.78, 5) is 20.5. The standard InChI is InChI=1S/C4H5NO3.CH4/c6-3-1-2-4(7)5(3)8;/h8H,1-2H2;1H4. The topological polar surface area (TPSA) is 57.6 Å². The van der Waals surface area contributed by atoms with Gasteiger partial charge in [-0.1, -0.05) is 7.43 Å². The number of amides is 2. The van der Waals surface area contributed by atoms with E-state index in [0.717, 1.165) is 0 Å². The first kappa shape index (κ1) is 8.10. The lowest BCUT2D eigenvalue weighted by Gasteiger charge is -1.98. The van der Waals surface area contributed by atoms with Crippen LogP contribution in [-0.4, -0.2) is 22.1 Å². The number of hydrogen-bond acceptors (Lipinski definition) is 3. The van der Waals surface area contributed by atoms with E-state index in [9.17, 15) is 9.59 Å². The van der Waals surface area contributed by atoms with Crippen LogP contribution in [0.5, 0.6) is 0 Å². The number of rotatable bonds is 0. The van der Waals surface area contributed by atoms with E-state index in [0.29, 0.717) is 0 Å². The van der Waals surface area contributed by atoms with Crippen molar-refractivity contribution in [3.63, 3.8) is 0 Å². The summed E-state index contributed by atoms with van der Waals surface area (Å²) >= 11 is 0. The van der Waals surface area contributed by atoms with Gasteiger partial charge in [0.1, 0.15) is 0 Å². The third kappa shape index (κ3) is 1.26. The SMILES string of the molecule is C.O=C1CCC(=O)N1O. The second-order valence-corrected chi connectivity index (χ2v) is 1.60. The molecule has 0 unspecified atom stereocenters. The summed E-state index contributed by atoms with van der Waals surface area (Å²) in [5, 5.41) is 8.57. The van der Waals surface area contributed by atoms with Crippen LogP contribution >= 0.6 is 0 Å². The number of imide groups is 1. The van der Waals surface area contributed by atoms with Crippen molar-refractivity contribution in [2.45, 2.75) is 20.3 Å². The molecule has 1 N–H and O–H groups in total. The molecule has 0 aromatic rings. The van der Waals surface area contributed by atoms with Crippen molar-refractivity contribution in [3.05, 3.63) is 0 Å². The Kier molecular flexibility index (Phi) is 2.33. The van der Waals surface area contributed by atoms with Gasteiger partial charge >= 0.3 is 0 Å². The highest BCUT2D eigenvalue weighted by molar-refractivity contribution is 6.00. The average molecular weight is 131 g/mol. The van der Waals surface area contributed by atoms with Crippen LogP contribution in [0.25, 0.3) is 0 Å². The van der Waals surface area contributed by atoms with Crippen molar-refractivity contribution in [1.82, 2.24) is 5.06 Å². The second-order valence-electron chi connectivity index (χ2n) is 1.60. The maximum Gasteiger partial charge on any atom is 0.253 e. The molecule has 0 radical (unpaired) electrons. The van der Waals surface area contributed by atoms with E-state index in [1.807, 2.05) is 0 Å². The van der Waals surface area contributed by atoms with Gasteiger partial charge in [0.15, 0.2) is 0 Å². The first-order valence-corrected chi connectivity index (χ1v) is 2.26. The van der Waals surface area contributed by atoms with E-state index < -0.39 is 11.8 Å². The highest BCUT2D eigenvalue weighted by Crippen LogP contribution is 2.06. The molecule has 1 rings (SSSR count). The van der Waals surface area contributed by atoms with E-state index in [2.05, 4.69) is 0 Å². The summed E-state index contributed by atoms with van der Waals surface area (Å²) in [7, 11) is 0. The Balaban J connectivity index is 0.000000640. The van der Waals surface area contributed by atoms with Gasteiger partial charge in [0.05, 0.1) is 0 Å². The van der Waals surface area contributed by atoms with Crippen molar-refractivity contribution in [3.8, 4) is 0 Å². The summed E-state index contributed by atoms with van der Waals surface area (Å²) in [6, 6.07) is 0. The first-order chi connectivity index (χ1) is 3.72. The predicted octanol–water partition coefficient (Wildman–Crippen LogP) is 0.161. The van der Waals surface area contributed by atoms with Crippen LogP contribution < -0.4 is 0 Å². The molecule has 2 amide bonds. The Morgan fingerprint density at radius 3 is 1.67 bits per heavy atom. The van der Waals surface area contributed by atoms with E-state index >= 15 is 0 Å². The minimum Gasteiger partial charge on any atom is -0.279 e. The van der Waals surface area contributed by atoms with Crippen LogP contribution in [0, 0.1) is 0 Å². The van der Waals surface area contributed by atoms with Gasteiger partial charge in [0.2, 0.25) is 0 Å². The number of nitrogens with zero attached hydrogens (tertiary/aromatic N) is 1. The molecule has 4 heteroatoms. The molecule has 0 aliphatic carbocycles. The van der Waals surface area contributed by atoms with E-state index in [1.54, 1.807) is 0 Å².